The van der Waals surface area contributed by atoms with Crippen LogP contribution in [0.5, 0.6) is 0 Å². The Kier molecular flexibility index (Phi) is 67.8. The van der Waals surface area contributed by atoms with Gasteiger partial charge in [-0.05, 0) is 77.8 Å². The van der Waals surface area contributed by atoms with Crippen molar-refractivity contribution in [3.05, 3.63) is 0 Å². The van der Waals surface area contributed by atoms with Crippen LogP contribution in [0.1, 0.15) is 97.8 Å². The van der Waals surface area contributed by atoms with Crippen molar-refractivity contribution in [3.63, 3.8) is 0 Å². The Bertz CT molecular complexity index is 1710. The molecule has 0 saturated heterocycles. The summed E-state index contributed by atoms with van der Waals surface area (Å²) in [5.41, 5.74) is 0. The van der Waals surface area contributed by atoms with Crippen molar-refractivity contribution >= 4 is 103 Å². The Morgan fingerprint density at radius 2 is 0.269 bits per heavy atom. The van der Waals surface area contributed by atoms with Crippen molar-refractivity contribution in [2.24, 2.45) is 0 Å². The second kappa shape index (κ2) is 64.5. The molecule has 0 aliphatic heterocycles. The molecule has 0 spiro atoms. The number of ether oxygens (including phenoxy) is 3. The van der Waals surface area contributed by atoms with Crippen LogP contribution in [0.25, 0.3) is 0 Å². The Morgan fingerprint density at radius 3 is 0.380 bits per heavy atom. The first-order valence-electron chi connectivity index (χ1n) is 39.5. The number of hydrogen-bond acceptors (Lipinski definition) is 27. The van der Waals surface area contributed by atoms with Gasteiger partial charge in [0, 0.05) is 247 Å². The molecule has 0 aliphatic carbocycles. The van der Waals surface area contributed by atoms with Crippen LogP contribution in [-0.2, 0) is 120 Å². The van der Waals surface area contributed by atoms with E-state index in [1.54, 1.807) is 171 Å². The fourth-order valence-electron chi connectivity index (χ4n) is 15.0. The molecule has 654 valence electrons. The van der Waals surface area contributed by atoms with Gasteiger partial charge in [-0.3, -0.25) is 0 Å². The Balaban J connectivity index is -0.00000153. The van der Waals surface area contributed by atoms with E-state index in [2.05, 4.69) is 26.6 Å². The first-order chi connectivity index (χ1) is 51.5. The maximum Gasteiger partial charge on any atom is 0.500 e. The van der Waals surface area contributed by atoms with Gasteiger partial charge >= 0.3 is 78.5 Å². The van der Waals surface area contributed by atoms with Crippen molar-refractivity contribution in [1.82, 2.24) is 0 Å². The summed E-state index contributed by atoms with van der Waals surface area (Å²) in [6.45, 7) is 17.4. The summed E-state index contributed by atoms with van der Waals surface area (Å²) in [7, 11) is 14.0. The first-order valence-corrected chi connectivity index (χ1v) is 67.1. The smallest absolute Gasteiger partial charge is 0.398 e. The van der Waals surface area contributed by atoms with E-state index in [4.69, 9.17) is 120 Å². The summed E-state index contributed by atoms with van der Waals surface area (Å²) >= 11 is 0. The van der Waals surface area contributed by atoms with Crippen LogP contribution < -0.4 is 0 Å². The van der Waals surface area contributed by atoms with Gasteiger partial charge in [-0.15, -0.1) is 0 Å². The molecule has 27 nitrogen and oxygen atoms in total. The van der Waals surface area contributed by atoms with Crippen molar-refractivity contribution in [3.8, 4) is 0 Å². The van der Waals surface area contributed by atoms with Gasteiger partial charge in [0.1, 0.15) is 0 Å². The van der Waals surface area contributed by atoms with Crippen LogP contribution in [0, 0.1) is 0 Å². The average molecular weight is 1770 g/mol. The van der Waals surface area contributed by atoms with Crippen LogP contribution in [-0.4, -0.2) is 313 Å². The molecule has 0 rings (SSSR count). The lowest BCUT2D eigenvalue weighted by atomic mass is 10.5. The van der Waals surface area contributed by atoms with Crippen LogP contribution in [0.4, 0.5) is 0 Å². The maximum atomic E-state index is 5.78. The summed E-state index contributed by atoms with van der Waals surface area (Å²) < 4.78 is 155. The number of hydrogen-bond donors (Lipinski definition) is 0. The zero-order valence-electron chi connectivity index (χ0n) is 74.6. The predicted octanol–water partition coefficient (Wildman–Crippen LogP) is 15.5. The molecule has 0 aliphatic rings. The van der Waals surface area contributed by atoms with Gasteiger partial charge in [0.2, 0.25) is 0 Å². The third kappa shape index (κ3) is 44.0. The zero-order valence-corrected chi connectivity index (χ0v) is 86.6. The molecule has 0 N–H and O–H groups in total. The molecule has 0 saturated carbocycles. The minimum Gasteiger partial charge on any atom is -0.398 e. The minimum absolute atomic E-state index is 0.742. The highest BCUT2D eigenvalue weighted by molar-refractivity contribution is 6.81. The van der Waals surface area contributed by atoms with E-state index in [0.29, 0.717) is 0 Å². The summed E-state index contributed by atoms with van der Waals surface area (Å²) in [5, 5.41) is 0. The molecule has 0 radical (unpaired) electrons. The number of rotatable bonds is 75. The average Bonchev–Trinajstić information content (AvgIpc) is 0.851. The van der Waals surface area contributed by atoms with E-state index >= 15 is 0 Å². The predicted molar refractivity (Wildman–Crippen MR) is 461 cm³/mol. The van der Waals surface area contributed by atoms with E-state index < -0.39 is 103 Å². The minimum atomic E-state index is -2.63. The van der Waals surface area contributed by atoms with Crippen LogP contribution in [0.3, 0.4) is 0 Å². The molecule has 0 fully saturated rings. The molecule has 0 aromatic carbocycles. The van der Waals surface area contributed by atoms with Gasteiger partial charge in [-0.25, -0.2) is 0 Å². The normalized spacial score (nSPS) is 13.5. The van der Waals surface area contributed by atoms with E-state index in [1.165, 1.54) is 55.5 Å². The molecule has 0 aromatic rings. The van der Waals surface area contributed by atoms with E-state index in [9.17, 15) is 0 Å². The van der Waals surface area contributed by atoms with Gasteiger partial charge in [0.15, 0.2) is 0 Å². The fourth-order valence-corrected chi connectivity index (χ4v) is 48.2. The molecule has 0 aromatic heterocycles. The van der Waals surface area contributed by atoms with Crippen LogP contribution in [0.2, 0.25) is 147 Å². The van der Waals surface area contributed by atoms with Gasteiger partial charge in [0.05, 0.1) is 24.2 Å². The standard InChI is InChI=1S/2C23H56O10Si4.C23H56O7Si4/c2*1-11-33-16-12-17-34(18-13-21-35(24-2,25-3)26-4,19-14-22-36(27-5,28-6)29-7)20-15-23-37(30-8,31-9)32-10;1-11-30-16-12-20-34(21-13-17-31(8,24-2)25-3,22-14-18-32(9,26-4)27-5)23-15-19-33(10,28-6)29-7/h2*11-23H2,1-10H3;11-23H2,1-10H3. The van der Waals surface area contributed by atoms with Crippen molar-refractivity contribution < 1.29 is 120 Å². The Morgan fingerprint density at radius 1 is 0.148 bits per heavy atom. The van der Waals surface area contributed by atoms with Crippen molar-refractivity contribution in [1.29, 1.82) is 0 Å². The molecule has 0 bridgehead atoms. The highest BCUT2D eigenvalue weighted by Crippen LogP contribution is 2.41. The molecule has 0 unspecified atom stereocenters. The third-order valence-electron chi connectivity index (χ3n) is 22.9. The molecule has 0 amide bonds. The molecular weight excluding hydrogens is 1600 g/mol. The molecule has 0 heterocycles. The fraction of sp³-hybridized carbons (Fsp3) is 1.00. The van der Waals surface area contributed by atoms with Crippen molar-refractivity contribution in [2.75, 3.05) is 210 Å². The summed E-state index contributed by atoms with van der Waals surface area (Å²) in [4.78, 5) is 0. The third-order valence-corrected chi connectivity index (χ3v) is 65.9. The van der Waals surface area contributed by atoms with E-state index in [1.807, 2.05) is 13.8 Å². The molecule has 39 heteroatoms. The molecular formula is C69H168O27Si12. The lowest BCUT2D eigenvalue weighted by Gasteiger charge is -2.35. The van der Waals surface area contributed by atoms with Gasteiger partial charge in [-0.1, -0.05) is 130 Å². The van der Waals surface area contributed by atoms with E-state index in [0.717, 1.165) is 188 Å². The topological polar surface area (TPSA) is 249 Å². The van der Waals surface area contributed by atoms with Crippen molar-refractivity contribution in [2.45, 2.75) is 244 Å². The zero-order chi connectivity index (χ0) is 82.7. The second-order valence-electron chi connectivity index (χ2n) is 28.5. The summed E-state index contributed by atoms with van der Waals surface area (Å²) in [5.74, 6) is 0. The summed E-state index contributed by atoms with van der Waals surface area (Å²) in [6.07, 6.45) is 12.8. The molecule has 108 heavy (non-hydrogen) atoms. The maximum absolute atomic E-state index is 5.78. The molecule has 0 atom stereocenters. The highest BCUT2D eigenvalue weighted by atomic mass is 28.4. The quantitative estimate of drug-likeness (QED) is 0.0405. The Hall–Kier alpha value is 1.52. The Labute approximate surface area is 673 Å². The lowest BCUT2D eigenvalue weighted by Crippen LogP contribution is -2.45. The summed E-state index contributed by atoms with van der Waals surface area (Å²) in [6, 6.07) is 22.5. The van der Waals surface area contributed by atoms with Gasteiger partial charge in [-0.2, -0.15) is 0 Å². The van der Waals surface area contributed by atoms with E-state index in [-0.39, 0.29) is 0 Å². The van der Waals surface area contributed by atoms with Crippen LogP contribution in [0.15, 0.2) is 0 Å². The monoisotopic (exact) mass is 1760 g/mol. The highest BCUT2D eigenvalue weighted by Gasteiger charge is 2.47. The van der Waals surface area contributed by atoms with Gasteiger partial charge in [0.25, 0.3) is 0 Å². The van der Waals surface area contributed by atoms with Crippen LogP contribution >= 0.6 is 0 Å². The SMILES string of the molecule is CCOCCC[Si](CCC[Si](C)(OC)OC)(CCC[Si](C)(OC)OC)CCC[Si](C)(OC)OC.CCOCCC[Si](CCC[Si](OC)(OC)OC)(CCC[Si](OC)(OC)OC)CCC[Si](OC)(OC)OC.CCOCCC[Si](CCC[Si](OC)(OC)OC)(CCC[Si](OC)(OC)OC)CCC[Si](OC)(OC)OC. The van der Waals surface area contributed by atoms with Gasteiger partial charge < -0.3 is 120 Å². The first kappa shape index (κ1) is 114. The second-order valence-corrected chi connectivity index (χ2v) is 72.8. The largest absolute Gasteiger partial charge is 0.500 e. The lowest BCUT2D eigenvalue weighted by molar-refractivity contribution is 0.122.